The third kappa shape index (κ3) is 1.86. The molecule has 0 aliphatic carbocycles. The van der Waals surface area contributed by atoms with Crippen LogP contribution in [0.4, 0.5) is 5.69 Å². The summed E-state index contributed by atoms with van der Waals surface area (Å²) >= 11 is -1.38. The van der Waals surface area contributed by atoms with Gasteiger partial charge in [-0.15, -0.1) is 0 Å². The van der Waals surface area contributed by atoms with Gasteiger partial charge in [-0.25, -0.2) is 4.21 Å². The van der Waals surface area contributed by atoms with Gasteiger partial charge in [0.05, 0.1) is 18.6 Å². The molecular weight excluding hydrogens is 226 g/mol. The number of hydrogen-bond acceptors (Lipinski definition) is 3. The number of fused-ring (bicyclic) bond motifs is 1. The Hall–Kier alpha value is -0.910. The van der Waals surface area contributed by atoms with Gasteiger partial charge in [0.25, 0.3) is 0 Å². The predicted molar refractivity (Wildman–Crippen MR) is 61.1 cm³/mol. The first-order chi connectivity index (χ1) is 7.67. The molecule has 4 nitrogen and oxygen atoms in total. The molecule has 3 unspecified atom stereocenters. The van der Waals surface area contributed by atoms with E-state index in [0.29, 0.717) is 4.90 Å². The van der Waals surface area contributed by atoms with Gasteiger partial charge >= 0.3 is 0 Å². The van der Waals surface area contributed by atoms with Crippen molar-refractivity contribution in [2.24, 2.45) is 0 Å². The average Bonchev–Trinajstić information content (AvgIpc) is 2.62. The lowest BCUT2D eigenvalue weighted by atomic mass is 10.3. The fraction of sp³-hybridized carbons (Fsp3) is 0.455. The van der Waals surface area contributed by atoms with E-state index in [2.05, 4.69) is 6.92 Å². The summed E-state index contributed by atoms with van der Waals surface area (Å²) < 4.78 is 22.0. The van der Waals surface area contributed by atoms with Crippen LogP contribution in [0.15, 0.2) is 23.1 Å². The number of quaternary nitrogens is 1. The Morgan fingerprint density at radius 3 is 2.94 bits per heavy atom. The van der Waals surface area contributed by atoms with Crippen molar-refractivity contribution in [3.8, 4) is 5.75 Å². The van der Waals surface area contributed by atoms with Crippen molar-refractivity contribution in [1.29, 1.82) is 0 Å². The number of rotatable bonds is 3. The standard InChI is InChI=1S/C11H15NO3S/c1-4-12-8(2)15-11-6-5-9(7-10(11)12)16(13)14-3/h5-8H,4H2,1-3H3/p+1. The Balaban J connectivity index is 2.39. The second kappa shape index (κ2) is 4.53. The molecule has 16 heavy (non-hydrogen) atoms. The number of hydrogen-bond donors (Lipinski definition) is 1. The Bertz CT molecular complexity index is 422. The van der Waals surface area contributed by atoms with E-state index in [1.807, 2.05) is 19.1 Å². The molecule has 3 atom stereocenters. The second-order valence-electron chi connectivity index (χ2n) is 3.70. The van der Waals surface area contributed by atoms with Crippen LogP contribution in [-0.4, -0.2) is 24.1 Å². The molecule has 0 radical (unpaired) electrons. The summed E-state index contributed by atoms with van der Waals surface area (Å²) in [5, 5.41) is 0. The minimum atomic E-state index is -1.38. The maximum atomic E-state index is 11.5. The average molecular weight is 242 g/mol. The van der Waals surface area contributed by atoms with Crippen LogP contribution in [0.3, 0.4) is 0 Å². The molecule has 0 aromatic heterocycles. The zero-order valence-corrected chi connectivity index (χ0v) is 10.5. The minimum Gasteiger partial charge on any atom is -0.436 e. The summed E-state index contributed by atoms with van der Waals surface area (Å²) in [7, 11) is 1.44. The van der Waals surface area contributed by atoms with Crippen molar-refractivity contribution in [3.05, 3.63) is 18.2 Å². The third-order valence-corrected chi connectivity index (χ3v) is 3.76. The van der Waals surface area contributed by atoms with E-state index >= 15 is 0 Å². The maximum absolute atomic E-state index is 11.5. The van der Waals surface area contributed by atoms with Crippen LogP contribution in [0.2, 0.25) is 0 Å². The van der Waals surface area contributed by atoms with Crippen molar-refractivity contribution >= 4 is 16.8 Å². The third-order valence-electron chi connectivity index (χ3n) is 2.82. The van der Waals surface area contributed by atoms with E-state index in [4.69, 9.17) is 8.92 Å². The highest BCUT2D eigenvalue weighted by Gasteiger charge is 2.32. The van der Waals surface area contributed by atoms with Crippen LogP contribution < -0.4 is 9.64 Å². The maximum Gasteiger partial charge on any atom is 0.234 e. The van der Waals surface area contributed by atoms with Gasteiger partial charge in [-0.2, -0.15) is 0 Å². The van der Waals surface area contributed by atoms with Crippen LogP contribution in [0.5, 0.6) is 5.75 Å². The van der Waals surface area contributed by atoms with Crippen molar-refractivity contribution in [1.82, 2.24) is 0 Å². The molecule has 88 valence electrons. The molecule has 1 aromatic rings. The number of ether oxygens (including phenoxy) is 1. The topological polar surface area (TPSA) is 40.0 Å². The van der Waals surface area contributed by atoms with E-state index < -0.39 is 11.1 Å². The van der Waals surface area contributed by atoms with Crippen LogP contribution in [0.1, 0.15) is 13.8 Å². The van der Waals surface area contributed by atoms with Gasteiger partial charge in [0.1, 0.15) is 0 Å². The quantitative estimate of drug-likeness (QED) is 0.845. The first kappa shape index (κ1) is 11.6. The molecule has 1 heterocycles. The zero-order chi connectivity index (χ0) is 11.7. The SMILES string of the molecule is CC[NH+]1c2cc(S(=O)OC)ccc2OC1C. The van der Waals surface area contributed by atoms with Gasteiger partial charge in [0, 0.05) is 13.0 Å². The largest absolute Gasteiger partial charge is 0.436 e. The molecule has 0 fully saturated rings. The smallest absolute Gasteiger partial charge is 0.234 e. The van der Waals surface area contributed by atoms with E-state index in [9.17, 15) is 4.21 Å². The van der Waals surface area contributed by atoms with Gasteiger partial charge in [0.15, 0.2) is 22.5 Å². The predicted octanol–water partition coefficient (Wildman–Crippen LogP) is 0.630. The molecular formula is C11H16NO3S+. The van der Waals surface area contributed by atoms with Crippen LogP contribution >= 0.6 is 0 Å². The first-order valence-electron chi connectivity index (χ1n) is 5.30. The Morgan fingerprint density at radius 1 is 1.56 bits per heavy atom. The minimum absolute atomic E-state index is 0.117. The summed E-state index contributed by atoms with van der Waals surface area (Å²) in [5.41, 5.74) is 1.07. The normalized spacial score (nSPS) is 24.9. The van der Waals surface area contributed by atoms with E-state index in [1.165, 1.54) is 12.0 Å². The van der Waals surface area contributed by atoms with Gasteiger partial charge in [-0.1, -0.05) is 0 Å². The number of nitrogens with one attached hydrogen (secondary N) is 1. The molecule has 0 saturated carbocycles. The highest BCUT2D eigenvalue weighted by molar-refractivity contribution is 7.80. The summed E-state index contributed by atoms with van der Waals surface area (Å²) in [5.74, 6) is 0.876. The van der Waals surface area contributed by atoms with E-state index in [0.717, 1.165) is 18.0 Å². The molecule has 0 saturated heterocycles. The molecule has 2 rings (SSSR count). The molecule has 1 aliphatic heterocycles. The molecule has 0 amide bonds. The Morgan fingerprint density at radius 2 is 2.31 bits per heavy atom. The number of benzene rings is 1. The van der Waals surface area contributed by atoms with Gasteiger partial charge in [-0.3, -0.25) is 9.08 Å². The van der Waals surface area contributed by atoms with Crippen molar-refractivity contribution in [2.75, 3.05) is 13.7 Å². The molecule has 1 aromatic carbocycles. The van der Waals surface area contributed by atoms with Crippen LogP contribution in [0.25, 0.3) is 0 Å². The van der Waals surface area contributed by atoms with Crippen molar-refractivity contribution in [2.45, 2.75) is 25.0 Å². The fourth-order valence-corrected chi connectivity index (χ4v) is 2.61. The van der Waals surface area contributed by atoms with Crippen molar-refractivity contribution in [3.63, 3.8) is 0 Å². The Kier molecular flexibility index (Phi) is 3.28. The van der Waals surface area contributed by atoms with Gasteiger partial charge in [-0.05, 0) is 19.1 Å². The highest BCUT2D eigenvalue weighted by Crippen LogP contribution is 2.28. The van der Waals surface area contributed by atoms with E-state index in [1.54, 1.807) is 6.07 Å². The summed E-state index contributed by atoms with van der Waals surface area (Å²) in [6.07, 6.45) is 0.117. The Labute approximate surface area is 97.8 Å². The molecule has 0 bridgehead atoms. The summed E-state index contributed by atoms with van der Waals surface area (Å²) in [6.45, 7) is 5.08. The lowest BCUT2D eigenvalue weighted by molar-refractivity contribution is -0.866. The van der Waals surface area contributed by atoms with Gasteiger partial charge < -0.3 is 4.74 Å². The van der Waals surface area contributed by atoms with Crippen LogP contribution in [0, 0.1) is 0 Å². The second-order valence-corrected chi connectivity index (χ2v) is 4.97. The lowest BCUT2D eigenvalue weighted by Crippen LogP contribution is -3.09. The van der Waals surface area contributed by atoms with Crippen LogP contribution in [-0.2, 0) is 15.3 Å². The zero-order valence-electron chi connectivity index (χ0n) is 9.65. The summed E-state index contributed by atoms with van der Waals surface area (Å²) in [6, 6.07) is 5.54. The van der Waals surface area contributed by atoms with Gasteiger partial charge in [0.2, 0.25) is 6.23 Å². The first-order valence-corrected chi connectivity index (χ1v) is 6.38. The molecule has 1 N–H and O–H groups in total. The van der Waals surface area contributed by atoms with E-state index in [-0.39, 0.29) is 6.23 Å². The monoisotopic (exact) mass is 242 g/mol. The lowest BCUT2D eigenvalue weighted by Gasteiger charge is -2.13. The molecule has 5 heteroatoms. The molecule has 0 spiro atoms. The summed E-state index contributed by atoms with van der Waals surface area (Å²) in [4.78, 5) is 1.94. The van der Waals surface area contributed by atoms with Crippen molar-refractivity contribution < 1.29 is 18.0 Å². The molecule has 1 aliphatic rings. The fourth-order valence-electron chi connectivity index (χ4n) is 2.02. The highest BCUT2D eigenvalue weighted by atomic mass is 32.2.